The average Bonchev–Trinajstić information content (AvgIpc) is 3.19. The molecule has 5 heteroatoms. The van der Waals surface area contributed by atoms with E-state index in [-0.39, 0.29) is 46.9 Å². The van der Waals surface area contributed by atoms with Gasteiger partial charge in [0.2, 0.25) is 0 Å². The van der Waals surface area contributed by atoms with Crippen LogP contribution in [0.3, 0.4) is 0 Å². The fourth-order valence-corrected chi connectivity index (χ4v) is 10.0. The van der Waals surface area contributed by atoms with Gasteiger partial charge in [-0.1, -0.05) is 19.9 Å². The standard InChI is InChI=1S/C24H33NO4/c1-13-15-5-8-24(19(13)28-14(2)26)17(11-15)23-7-4-6-22(3)16(23)12-18(24)29-21(23)25-9-10-27-20(22)25/h15-21H,1,4-12H2,2-3H3/t15-,16+,17-,18?,19-,20-,21?,22+,23-,24+/m0/s1. The van der Waals surface area contributed by atoms with Crippen molar-refractivity contribution < 1.29 is 19.0 Å². The molecule has 29 heavy (non-hydrogen) atoms. The number of hydrogen-bond acceptors (Lipinski definition) is 5. The van der Waals surface area contributed by atoms with Gasteiger partial charge in [0.15, 0.2) is 0 Å². The first-order valence-corrected chi connectivity index (χ1v) is 11.8. The summed E-state index contributed by atoms with van der Waals surface area (Å²) in [7, 11) is 0. The van der Waals surface area contributed by atoms with Gasteiger partial charge in [0.25, 0.3) is 0 Å². The van der Waals surface area contributed by atoms with E-state index < -0.39 is 0 Å². The maximum atomic E-state index is 12.1. The molecular formula is C24H33NO4. The lowest BCUT2D eigenvalue weighted by Crippen LogP contribution is -2.83. The lowest BCUT2D eigenvalue weighted by molar-refractivity contribution is -0.422. The third-order valence-electron chi connectivity index (χ3n) is 10.7. The summed E-state index contributed by atoms with van der Waals surface area (Å²) in [6.07, 6.45) is 8.86. The van der Waals surface area contributed by atoms with Gasteiger partial charge in [-0.05, 0) is 61.9 Å². The van der Waals surface area contributed by atoms with E-state index in [1.54, 1.807) is 6.92 Å². The minimum Gasteiger partial charge on any atom is -0.457 e. The molecule has 158 valence electrons. The van der Waals surface area contributed by atoms with Gasteiger partial charge in [-0.15, -0.1) is 0 Å². The van der Waals surface area contributed by atoms with Crippen molar-refractivity contribution in [2.45, 2.75) is 83.5 Å². The van der Waals surface area contributed by atoms with Crippen LogP contribution in [0.4, 0.5) is 0 Å². The first-order chi connectivity index (χ1) is 13.9. The molecule has 0 radical (unpaired) electrons. The molecule has 9 fully saturated rings. The monoisotopic (exact) mass is 399 g/mol. The van der Waals surface area contributed by atoms with Crippen molar-refractivity contribution in [2.75, 3.05) is 13.2 Å². The highest BCUT2D eigenvalue weighted by atomic mass is 16.6. The fourth-order valence-electron chi connectivity index (χ4n) is 10.0. The number of esters is 1. The summed E-state index contributed by atoms with van der Waals surface area (Å²) in [5.41, 5.74) is 1.51. The summed E-state index contributed by atoms with van der Waals surface area (Å²) >= 11 is 0. The first-order valence-electron chi connectivity index (χ1n) is 11.8. The molecule has 0 aromatic heterocycles. The molecule has 5 saturated carbocycles. The predicted octanol–water partition coefficient (Wildman–Crippen LogP) is 3.48. The number of hydrogen-bond donors (Lipinski definition) is 0. The highest BCUT2D eigenvalue weighted by Crippen LogP contribution is 2.79. The topological polar surface area (TPSA) is 48.0 Å². The second-order valence-corrected chi connectivity index (χ2v) is 11.4. The zero-order valence-corrected chi connectivity index (χ0v) is 17.7. The quantitative estimate of drug-likeness (QED) is 0.499. The van der Waals surface area contributed by atoms with Crippen LogP contribution < -0.4 is 0 Å². The van der Waals surface area contributed by atoms with Gasteiger partial charge in [0.1, 0.15) is 18.6 Å². The molecule has 4 saturated heterocycles. The van der Waals surface area contributed by atoms with E-state index in [4.69, 9.17) is 14.2 Å². The minimum atomic E-state index is -0.169. The third-order valence-corrected chi connectivity index (χ3v) is 10.7. The Hall–Kier alpha value is -0.910. The van der Waals surface area contributed by atoms with E-state index in [0.29, 0.717) is 17.8 Å². The predicted molar refractivity (Wildman–Crippen MR) is 106 cm³/mol. The first kappa shape index (κ1) is 17.7. The van der Waals surface area contributed by atoms with Crippen molar-refractivity contribution in [3.63, 3.8) is 0 Å². The molecule has 9 aliphatic rings. The van der Waals surface area contributed by atoms with Crippen molar-refractivity contribution in [3.8, 4) is 0 Å². The second kappa shape index (κ2) is 5.28. The number of rotatable bonds is 1. The van der Waals surface area contributed by atoms with Crippen molar-refractivity contribution in [1.29, 1.82) is 0 Å². The molecule has 5 aliphatic carbocycles. The Morgan fingerprint density at radius 3 is 2.86 bits per heavy atom. The zero-order valence-electron chi connectivity index (χ0n) is 17.7. The Kier molecular flexibility index (Phi) is 3.23. The maximum Gasteiger partial charge on any atom is 0.303 e. The maximum absolute atomic E-state index is 12.1. The Balaban J connectivity index is 1.42. The van der Waals surface area contributed by atoms with Crippen molar-refractivity contribution in [1.82, 2.24) is 4.90 Å². The molecule has 4 heterocycles. The molecular weight excluding hydrogens is 366 g/mol. The van der Waals surface area contributed by atoms with Crippen molar-refractivity contribution in [3.05, 3.63) is 12.2 Å². The third kappa shape index (κ3) is 1.74. The molecule has 4 aliphatic heterocycles. The largest absolute Gasteiger partial charge is 0.457 e. The number of fused-ring (bicyclic) bond motifs is 4. The van der Waals surface area contributed by atoms with Crippen LogP contribution in [0.1, 0.15) is 58.8 Å². The lowest BCUT2D eigenvalue weighted by Gasteiger charge is -2.80. The second-order valence-electron chi connectivity index (χ2n) is 11.4. The van der Waals surface area contributed by atoms with Crippen LogP contribution >= 0.6 is 0 Å². The summed E-state index contributed by atoms with van der Waals surface area (Å²) < 4.78 is 19.5. The fraction of sp³-hybridized carbons (Fsp3) is 0.875. The molecule has 0 aromatic rings. The molecule has 2 unspecified atom stereocenters. The van der Waals surface area contributed by atoms with E-state index in [0.717, 1.165) is 26.0 Å². The van der Waals surface area contributed by atoms with Crippen LogP contribution in [-0.2, 0) is 19.0 Å². The van der Waals surface area contributed by atoms with E-state index in [9.17, 15) is 4.79 Å². The van der Waals surface area contributed by atoms with Gasteiger partial charge in [0, 0.05) is 29.7 Å². The highest BCUT2D eigenvalue weighted by Gasteiger charge is 2.81. The van der Waals surface area contributed by atoms with Gasteiger partial charge >= 0.3 is 5.97 Å². The number of ether oxygens (including phenoxy) is 3. The summed E-state index contributed by atoms with van der Waals surface area (Å²) in [5, 5.41) is 0. The minimum absolute atomic E-state index is 0.0594. The smallest absolute Gasteiger partial charge is 0.303 e. The molecule has 0 amide bonds. The molecule has 2 spiro atoms. The molecule has 9 rings (SSSR count). The molecule has 7 bridgehead atoms. The van der Waals surface area contributed by atoms with E-state index in [1.807, 2.05) is 0 Å². The number of carbonyl (C=O) groups is 1. The van der Waals surface area contributed by atoms with Crippen LogP contribution in [-0.4, -0.2) is 48.7 Å². The normalized spacial score (nSPS) is 59.4. The molecule has 10 atom stereocenters. The summed E-state index contributed by atoms with van der Waals surface area (Å²) in [6, 6.07) is 0. The highest BCUT2D eigenvalue weighted by molar-refractivity contribution is 5.67. The van der Waals surface area contributed by atoms with Crippen LogP contribution in [0, 0.1) is 34.0 Å². The van der Waals surface area contributed by atoms with Gasteiger partial charge in [-0.3, -0.25) is 4.79 Å². The van der Waals surface area contributed by atoms with E-state index >= 15 is 0 Å². The Morgan fingerprint density at radius 1 is 1.17 bits per heavy atom. The summed E-state index contributed by atoms with van der Waals surface area (Å²) in [6.45, 7) is 10.3. The van der Waals surface area contributed by atoms with E-state index in [2.05, 4.69) is 18.4 Å². The zero-order chi connectivity index (χ0) is 19.8. The van der Waals surface area contributed by atoms with Crippen LogP contribution in [0.25, 0.3) is 0 Å². The Labute approximate surface area is 173 Å². The van der Waals surface area contributed by atoms with Crippen LogP contribution in [0.5, 0.6) is 0 Å². The molecule has 0 aromatic carbocycles. The molecule has 5 nitrogen and oxygen atoms in total. The SMILES string of the molecule is C=C1[C@H]2CC[C@@]3(C4C[C@@H]5[C@@]6(C)CCC[C@@]5(C(O4)N4CCO[C@H]46)[C@@H]3C2)[C@H]1OC(C)=O. The van der Waals surface area contributed by atoms with Crippen molar-refractivity contribution in [2.24, 2.45) is 34.0 Å². The van der Waals surface area contributed by atoms with Gasteiger partial charge < -0.3 is 14.2 Å². The average molecular weight is 400 g/mol. The van der Waals surface area contributed by atoms with Gasteiger partial charge in [0.05, 0.1) is 12.7 Å². The van der Waals surface area contributed by atoms with Crippen LogP contribution in [0.2, 0.25) is 0 Å². The van der Waals surface area contributed by atoms with Gasteiger partial charge in [-0.25, -0.2) is 4.90 Å². The Bertz CT molecular complexity index is 813. The summed E-state index contributed by atoms with van der Waals surface area (Å²) in [4.78, 5) is 14.7. The summed E-state index contributed by atoms with van der Waals surface area (Å²) in [5.74, 6) is 1.57. The molecule has 0 N–H and O–H groups in total. The number of nitrogens with zero attached hydrogens (tertiary/aromatic N) is 1. The lowest BCUT2D eigenvalue weighted by atomic mass is 9.32. The Morgan fingerprint density at radius 2 is 2.03 bits per heavy atom. The number of piperidine rings is 1. The van der Waals surface area contributed by atoms with Crippen molar-refractivity contribution >= 4 is 5.97 Å². The van der Waals surface area contributed by atoms with E-state index in [1.165, 1.54) is 37.7 Å². The number of carbonyl (C=O) groups excluding carboxylic acids is 1. The van der Waals surface area contributed by atoms with Crippen LogP contribution in [0.15, 0.2) is 12.2 Å². The van der Waals surface area contributed by atoms with Gasteiger partial charge in [-0.2, -0.15) is 0 Å².